The zero-order valence-electron chi connectivity index (χ0n) is 10.3. The highest BCUT2D eigenvalue weighted by Gasteiger charge is 2.31. The quantitative estimate of drug-likeness (QED) is 0.848. The SMILES string of the molecule is Cc1ccncc1C(C)NC1(C)CCOC1. The fourth-order valence-electron chi connectivity index (χ4n) is 2.31. The predicted octanol–water partition coefficient (Wildman–Crippen LogP) is 2.22. The molecule has 16 heavy (non-hydrogen) atoms. The molecule has 1 N–H and O–H groups in total. The van der Waals surface area contributed by atoms with E-state index in [-0.39, 0.29) is 5.54 Å². The van der Waals surface area contributed by atoms with Crippen LogP contribution in [0.1, 0.15) is 37.4 Å². The molecule has 88 valence electrons. The summed E-state index contributed by atoms with van der Waals surface area (Å²) < 4.78 is 5.45. The largest absolute Gasteiger partial charge is 0.379 e. The van der Waals surface area contributed by atoms with E-state index in [2.05, 4.69) is 37.1 Å². The van der Waals surface area contributed by atoms with Crippen molar-refractivity contribution in [1.29, 1.82) is 0 Å². The maximum Gasteiger partial charge on any atom is 0.0646 e. The first-order chi connectivity index (χ1) is 7.61. The molecular weight excluding hydrogens is 200 g/mol. The summed E-state index contributed by atoms with van der Waals surface area (Å²) in [5, 5.41) is 3.65. The summed E-state index contributed by atoms with van der Waals surface area (Å²) in [6.45, 7) is 8.21. The molecule has 2 atom stereocenters. The van der Waals surface area contributed by atoms with Gasteiger partial charge in [-0.1, -0.05) is 0 Å². The van der Waals surface area contributed by atoms with Crippen LogP contribution in [0.2, 0.25) is 0 Å². The van der Waals surface area contributed by atoms with Crippen molar-refractivity contribution in [2.75, 3.05) is 13.2 Å². The zero-order chi connectivity index (χ0) is 11.6. The first kappa shape index (κ1) is 11.6. The van der Waals surface area contributed by atoms with Crippen molar-refractivity contribution < 1.29 is 4.74 Å². The van der Waals surface area contributed by atoms with E-state index in [1.165, 1.54) is 11.1 Å². The van der Waals surface area contributed by atoms with E-state index in [1.807, 2.05) is 12.4 Å². The number of nitrogens with zero attached hydrogens (tertiary/aromatic N) is 1. The van der Waals surface area contributed by atoms with Crippen LogP contribution in [0.5, 0.6) is 0 Å². The minimum absolute atomic E-state index is 0.113. The highest BCUT2D eigenvalue weighted by molar-refractivity contribution is 5.24. The van der Waals surface area contributed by atoms with Crippen molar-refractivity contribution in [2.24, 2.45) is 0 Å². The molecule has 1 aliphatic rings. The molecular formula is C13H20N2O. The zero-order valence-corrected chi connectivity index (χ0v) is 10.3. The Balaban J connectivity index is 2.08. The van der Waals surface area contributed by atoms with Gasteiger partial charge in [-0.2, -0.15) is 0 Å². The topological polar surface area (TPSA) is 34.2 Å². The average Bonchev–Trinajstić information content (AvgIpc) is 2.65. The minimum Gasteiger partial charge on any atom is -0.379 e. The Bertz CT molecular complexity index is 359. The van der Waals surface area contributed by atoms with Crippen molar-refractivity contribution in [2.45, 2.75) is 38.8 Å². The number of hydrogen-bond donors (Lipinski definition) is 1. The van der Waals surface area contributed by atoms with Gasteiger partial charge in [0, 0.05) is 30.6 Å². The van der Waals surface area contributed by atoms with E-state index in [9.17, 15) is 0 Å². The van der Waals surface area contributed by atoms with Gasteiger partial charge in [-0.25, -0.2) is 0 Å². The van der Waals surface area contributed by atoms with E-state index in [0.717, 1.165) is 19.6 Å². The molecule has 3 nitrogen and oxygen atoms in total. The third-order valence-corrected chi connectivity index (χ3v) is 3.33. The van der Waals surface area contributed by atoms with Crippen molar-refractivity contribution in [3.63, 3.8) is 0 Å². The van der Waals surface area contributed by atoms with E-state index in [1.54, 1.807) is 0 Å². The lowest BCUT2D eigenvalue weighted by molar-refractivity contribution is 0.167. The van der Waals surface area contributed by atoms with Gasteiger partial charge in [0.2, 0.25) is 0 Å². The molecule has 0 radical (unpaired) electrons. The molecule has 1 fully saturated rings. The van der Waals surface area contributed by atoms with Crippen molar-refractivity contribution in [3.8, 4) is 0 Å². The van der Waals surface area contributed by atoms with E-state index in [4.69, 9.17) is 4.74 Å². The fourth-order valence-corrected chi connectivity index (χ4v) is 2.31. The van der Waals surface area contributed by atoms with Gasteiger partial charge in [-0.05, 0) is 44.4 Å². The Kier molecular flexibility index (Phi) is 3.26. The van der Waals surface area contributed by atoms with Crippen LogP contribution in [0.3, 0.4) is 0 Å². The summed E-state index contributed by atoms with van der Waals surface area (Å²) >= 11 is 0. The summed E-state index contributed by atoms with van der Waals surface area (Å²) in [4.78, 5) is 4.19. The van der Waals surface area contributed by atoms with Gasteiger partial charge in [0.25, 0.3) is 0 Å². The van der Waals surface area contributed by atoms with E-state index < -0.39 is 0 Å². The third kappa shape index (κ3) is 2.42. The van der Waals surface area contributed by atoms with Crippen molar-refractivity contribution in [3.05, 3.63) is 29.6 Å². The molecule has 0 aliphatic carbocycles. The Hall–Kier alpha value is -0.930. The molecule has 1 aromatic rings. The summed E-state index contributed by atoms with van der Waals surface area (Å²) in [6.07, 6.45) is 4.87. The van der Waals surface area contributed by atoms with Crippen LogP contribution in [-0.4, -0.2) is 23.7 Å². The normalized spacial score (nSPS) is 26.9. The van der Waals surface area contributed by atoms with Gasteiger partial charge in [-0.3, -0.25) is 4.98 Å². The molecule has 1 aromatic heterocycles. The Morgan fingerprint density at radius 2 is 2.38 bits per heavy atom. The van der Waals surface area contributed by atoms with E-state index >= 15 is 0 Å². The van der Waals surface area contributed by atoms with E-state index in [0.29, 0.717) is 6.04 Å². The number of pyridine rings is 1. The van der Waals surface area contributed by atoms with Crippen LogP contribution in [0.4, 0.5) is 0 Å². The summed E-state index contributed by atoms with van der Waals surface area (Å²) in [5.74, 6) is 0. The maximum absolute atomic E-state index is 5.45. The molecule has 0 saturated carbocycles. The monoisotopic (exact) mass is 220 g/mol. The molecule has 0 aromatic carbocycles. The van der Waals surface area contributed by atoms with Crippen molar-refractivity contribution in [1.82, 2.24) is 10.3 Å². The van der Waals surface area contributed by atoms with Crippen LogP contribution in [0.15, 0.2) is 18.5 Å². The Morgan fingerprint density at radius 1 is 1.56 bits per heavy atom. The van der Waals surface area contributed by atoms with Crippen LogP contribution in [0.25, 0.3) is 0 Å². The lowest BCUT2D eigenvalue weighted by Crippen LogP contribution is -2.44. The number of hydrogen-bond acceptors (Lipinski definition) is 3. The molecule has 1 aliphatic heterocycles. The lowest BCUT2D eigenvalue weighted by Gasteiger charge is -2.29. The first-order valence-corrected chi connectivity index (χ1v) is 5.87. The van der Waals surface area contributed by atoms with Gasteiger partial charge in [0.05, 0.1) is 6.61 Å². The average molecular weight is 220 g/mol. The van der Waals surface area contributed by atoms with Gasteiger partial charge < -0.3 is 10.1 Å². The van der Waals surface area contributed by atoms with Crippen LogP contribution in [-0.2, 0) is 4.74 Å². The predicted molar refractivity (Wildman–Crippen MR) is 64.4 cm³/mol. The van der Waals surface area contributed by atoms with Gasteiger partial charge >= 0.3 is 0 Å². The third-order valence-electron chi connectivity index (χ3n) is 3.33. The number of rotatable bonds is 3. The van der Waals surface area contributed by atoms with Gasteiger partial charge in [-0.15, -0.1) is 0 Å². The lowest BCUT2D eigenvalue weighted by atomic mass is 9.97. The number of aryl methyl sites for hydroxylation is 1. The van der Waals surface area contributed by atoms with Crippen LogP contribution >= 0.6 is 0 Å². The molecule has 0 amide bonds. The molecule has 0 bridgehead atoms. The van der Waals surface area contributed by atoms with Crippen LogP contribution in [0, 0.1) is 6.92 Å². The second kappa shape index (κ2) is 4.52. The molecule has 3 heteroatoms. The second-order valence-electron chi connectivity index (χ2n) is 4.96. The molecule has 2 unspecified atom stereocenters. The molecule has 0 spiro atoms. The first-order valence-electron chi connectivity index (χ1n) is 5.87. The minimum atomic E-state index is 0.113. The highest BCUT2D eigenvalue weighted by Crippen LogP contribution is 2.24. The molecule has 2 heterocycles. The van der Waals surface area contributed by atoms with Crippen LogP contribution < -0.4 is 5.32 Å². The standard InChI is InChI=1S/C13H20N2O/c1-10-4-6-14-8-12(10)11(2)15-13(3)5-7-16-9-13/h4,6,8,11,15H,5,7,9H2,1-3H3. The van der Waals surface area contributed by atoms with Gasteiger partial charge in [0.15, 0.2) is 0 Å². The summed E-state index contributed by atoms with van der Waals surface area (Å²) in [6, 6.07) is 2.38. The highest BCUT2D eigenvalue weighted by atomic mass is 16.5. The fraction of sp³-hybridized carbons (Fsp3) is 0.615. The number of nitrogens with one attached hydrogen (secondary N) is 1. The summed E-state index contributed by atoms with van der Waals surface area (Å²) in [7, 11) is 0. The van der Waals surface area contributed by atoms with Gasteiger partial charge in [0.1, 0.15) is 0 Å². The summed E-state index contributed by atoms with van der Waals surface area (Å²) in [5.41, 5.74) is 2.68. The number of aromatic nitrogens is 1. The molecule has 2 rings (SSSR count). The number of ether oxygens (including phenoxy) is 1. The second-order valence-corrected chi connectivity index (χ2v) is 4.96. The van der Waals surface area contributed by atoms with Crippen molar-refractivity contribution >= 4 is 0 Å². The molecule has 1 saturated heterocycles. The maximum atomic E-state index is 5.45. The smallest absolute Gasteiger partial charge is 0.0646 e. The Labute approximate surface area is 97.2 Å². The Morgan fingerprint density at radius 3 is 3.00 bits per heavy atom.